The lowest BCUT2D eigenvalue weighted by Gasteiger charge is -2.03. The van der Waals surface area contributed by atoms with Crippen molar-refractivity contribution < 1.29 is 18.1 Å². The normalized spacial score (nSPS) is 12.3. The zero-order chi connectivity index (χ0) is 19.4. The van der Waals surface area contributed by atoms with E-state index in [2.05, 4.69) is 14.7 Å². The lowest BCUT2D eigenvalue weighted by Crippen LogP contribution is -2.79. The van der Waals surface area contributed by atoms with Crippen LogP contribution < -0.4 is 20.2 Å². The molecule has 0 aliphatic heterocycles. The van der Waals surface area contributed by atoms with Crippen LogP contribution >= 0.6 is 0 Å². The Morgan fingerprint density at radius 1 is 1.22 bits per heavy atom. The van der Waals surface area contributed by atoms with Gasteiger partial charge in [0, 0.05) is 23.0 Å². The number of sulfonamides is 1. The average Bonchev–Trinajstić information content (AvgIpc) is 2.96. The summed E-state index contributed by atoms with van der Waals surface area (Å²) < 4.78 is 32.2. The maximum absolute atomic E-state index is 12.3. The highest BCUT2D eigenvalue weighted by atomic mass is 32.2. The van der Waals surface area contributed by atoms with Gasteiger partial charge in [0.25, 0.3) is 0 Å². The van der Waals surface area contributed by atoms with Gasteiger partial charge >= 0.3 is 16.0 Å². The fraction of sp³-hybridized carbons (Fsp3) is 0.211. The van der Waals surface area contributed by atoms with E-state index in [9.17, 15) is 8.42 Å². The molecule has 0 aliphatic rings. The van der Waals surface area contributed by atoms with E-state index in [0.717, 1.165) is 27.9 Å². The third kappa shape index (κ3) is 4.22. The predicted molar refractivity (Wildman–Crippen MR) is 105 cm³/mol. The van der Waals surface area contributed by atoms with Crippen molar-refractivity contribution >= 4 is 26.9 Å². The second-order valence-corrected chi connectivity index (χ2v) is 7.83. The number of hydrogen-bond acceptors (Lipinski definition) is 3. The molecular weight excluding hydrogens is 364 g/mol. The maximum Gasteiger partial charge on any atom is 0.356 e. The maximum atomic E-state index is 12.3. The Morgan fingerprint density at radius 3 is 2.67 bits per heavy atom. The number of ether oxygens (including phenoxy) is 1. The van der Waals surface area contributed by atoms with Gasteiger partial charge in [-0.3, -0.25) is 10.7 Å². The van der Waals surface area contributed by atoms with Crippen molar-refractivity contribution in [3.05, 3.63) is 59.8 Å². The Labute approximate surface area is 158 Å². The van der Waals surface area contributed by atoms with Gasteiger partial charge in [-0.15, -0.1) is 0 Å². The first kappa shape index (κ1) is 18.8. The first-order valence-corrected chi connectivity index (χ1v) is 9.98. The third-order valence-corrected chi connectivity index (χ3v) is 5.70. The summed E-state index contributed by atoms with van der Waals surface area (Å²) in [5, 5.41) is 1.08. The summed E-state index contributed by atoms with van der Waals surface area (Å²) in [4.78, 5) is 6.43. The van der Waals surface area contributed by atoms with Gasteiger partial charge in [0.1, 0.15) is 10.6 Å². The average molecular weight is 387 g/mol. The predicted octanol–water partition coefficient (Wildman–Crippen LogP) is 0.401. The summed E-state index contributed by atoms with van der Waals surface area (Å²) in [5.74, 6) is 0.784. The van der Waals surface area contributed by atoms with E-state index in [0.29, 0.717) is 13.0 Å². The standard InChI is InChI=1S/C19H22N4O3S/c1-13-16(17-12-14(26-2)8-9-18(17)22-13)10-11-21-19(20)23-27(24,25)15-6-4-3-5-7-15/h3-9,12,22H,10-11H2,1-2H3,(H3,20,21,23)/p+1. The number of guanidine groups is 1. The Hall–Kier alpha value is -3.00. The highest BCUT2D eigenvalue weighted by molar-refractivity contribution is 7.90. The van der Waals surface area contributed by atoms with Crippen LogP contribution in [0.2, 0.25) is 0 Å². The van der Waals surface area contributed by atoms with E-state index < -0.39 is 10.0 Å². The fourth-order valence-corrected chi connectivity index (χ4v) is 3.97. The zero-order valence-corrected chi connectivity index (χ0v) is 16.1. The molecule has 0 saturated heterocycles. The molecule has 142 valence electrons. The summed E-state index contributed by atoms with van der Waals surface area (Å²) >= 11 is 0. The molecule has 0 unspecified atom stereocenters. The van der Waals surface area contributed by atoms with Gasteiger partial charge in [-0.2, -0.15) is 13.1 Å². The SMILES string of the molecule is COc1ccc2[nH]c(C)c(CC[NH+]=C(N)NS(=O)(=O)c3ccccc3)c2c1. The Morgan fingerprint density at radius 2 is 1.96 bits per heavy atom. The minimum atomic E-state index is -3.69. The molecule has 27 heavy (non-hydrogen) atoms. The molecule has 2 aromatic carbocycles. The second-order valence-electron chi connectivity index (χ2n) is 6.15. The summed E-state index contributed by atoms with van der Waals surface area (Å²) in [7, 11) is -2.06. The smallest absolute Gasteiger partial charge is 0.356 e. The zero-order valence-electron chi connectivity index (χ0n) is 15.2. The van der Waals surface area contributed by atoms with Crippen LogP contribution in [0.25, 0.3) is 10.9 Å². The van der Waals surface area contributed by atoms with E-state index in [4.69, 9.17) is 10.5 Å². The summed E-state index contributed by atoms with van der Waals surface area (Å²) in [6.07, 6.45) is 0.673. The minimum absolute atomic E-state index is 0.00562. The van der Waals surface area contributed by atoms with Crippen LogP contribution in [-0.2, 0) is 16.4 Å². The molecule has 0 saturated carbocycles. The molecule has 0 fully saturated rings. The Balaban J connectivity index is 1.72. The molecule has 0 radical (unpaired) electrons. The van der Waals surface area contributed by atoms with Crippen molar-refractivity contribution in [1.29, 1.82) is 0 Å². The monoisotopic (exact) mass is 387 g/mol. The van der Waals surface area contributed by atoms with Crippen LogP contribution in [0.1, 0.15) is 11.3 Å². The quantitative estimate of drug-likeness (QED) is 0.362. The van der Waals surface area contributed by atoms with E-state index in [-0.39, 0.29) is 10.9 Å². The third-order valence-electron chi connectivity index (χ3n) is 4.31. The van der Waals surface area contributed by atoms with Gasteiger partial charge in [-0.05, 0) is 42.8 Å². The minimum Gasteiger partial charge on any atom is -0.497 e. The van der Waals surface area contributed by atoms with Crippen LogP contribution in [0.3, 0.4) is 0 Å². The number of aromatic amines is 1. The van der Waals surface area contributed by atoms with Gasteiger partial charge in [0.2, 0.25) is 0 Å². The largest absolute Gasteiger partial charge is 0.497 e. The molecule has 1 aromatic heterocycles. The van der Waals surface area contributed by atoms with Gasteiger partial charge in [-0.25, -0.2) is 0 Å². The van der Waals surface area contributed by atoms with Crippen molar-refractivity contribution in [2.24, 2.45) is 5.73 Å². The molecule has 1 heterocycles. The topological polar surface area (TPSA) is 111 Å². The van der Waals surface area contributed by atoms with E-state index in [1.807, 2.05) is 25.1 Å². The number of nitrogens with one attached hydrogen (secondary N) is 3. The van der Waals surface area contributed by atoms with Gasteiger partial charge in [0.15, 0.2) is 0 Å². The number of rotatable bonds is 6. The number of methoxy groups -OCH3 is 1. The molecule has 0 bridgehead atoms. The van der Waals surface area contributed by atoms with E-state index >= 15 is 0 Å². The van der Waals surface area contributed by atoms with Crippen LogP contribution in [0.4, 0.5) is 0 Å². The number of fused-ring (bicyclic) bond motifs is 1. The molecule has 0 atom stereocenters. The first-order chi connectivity index (χ1) is 12.9. The van der Waals surface area contributed by atoms with Crippen molar-refractivity contribution in [3.63, 3.8) is 0 Å². The van der Waals surface area contributed by atoms with Gasteiger partial charge in [-0.1, -0.05) is 18.2 Å². The number of aromatic nitrogens is 1. The number of aryl methyl sites for hydroxylation is 1. The molecule has 0 spiro atoms. The molecule has 0 amide bonds. The van der Waals surface area contributed by atoms with Gasteiger partial charge in [0.05, 0.1) is 13.7 Å². The summed E-state index contributed by atoms with van der Waals surface area (Å²) in [5.41, 5.74) is 9.05. The van der Waals surface area contributed by atoms with Crippen LogP contribution in [0.5, 0.6) is 5.75 Å². The van der Waals surface area contributed by atoms with Crippen molar-refractivity contribution in [1.82, 2.24) is 9.71 Å². The lowest BCUT2D eigenvalue weighted by atomic mass is 10.1. The molecule has 7 nitrogen and oxygen atoms in total. The Bertz CT molecular complexity index is 1070. The Kier molecular flexibility index (Phi) is 5.36. The number of benzene rings is 2. The number of nitrogens with two attached hydrogens (primary N) is 1. The fourth-order valence-electron chi connectivity index (χ4n) is 2.97. The first-order valence-electron chi connectivity index (χ1n) is 8.50. The van der Waals surface area contributed by atoms with Crippen molar-refractivity contribution in [2.45, 2.75) is 18.2 Å². The number of H-pyrrole nitrogens is 1. The van der Waals surface area contributed by atoms with Crippen molar-refractivity contribution in [3.8, 4) is 5.75 Å². The van der Waals surface area contributed by atoms with Crippen molar-refractivity contribution in [2.75, 3.05) is 13.7 Å². The van der Waals surface area contributed by atoms with Crippen LogP contribution in [0.15, 0.2) is 53.4 Å². The molecule has 3 aromatic rings. The summed E-state index contributed by atoms with van der Waals surface area (Å²) in [6.45, 7) is 2.49. The van der Waals surface area contributed by atoms with E-state index in [1.165, 1.54) is 12.1 Å². The molecule has 0 aliphatic carbocycles. The molecule has 8 heteroatoms. The van der Waals surface area contributed by atoms with Crippen LogP contribution in [-0.4, -0.2) is 33.0 Å². The van der Waals surface area contributed by atoms with Gasteiger partial charge < -0.3 is 9.72 Å². The molecule has 3 rings (SSSR count). The summed E-state index contributed by atoms with van der Waals surface area (Å²) in [6, 6.07) is 14.0. The van der Waals surface area contributed by atoms with E-state index in [1.54, 1.807) is 25.3 Å². The number of hydrogen-bond donors (Lipinski definition) is 4. The lowest BCUT2D eigenvalue weighted by molar-refractivity contribution is -0.458. The highest BCUT2D eigenvalue weighted by Gasteiger charge is 2.18. The highest BCUT2D eigenvalue weighted by Crippen LogP contribution is 2.26. The molecule has 5 N–H and O–H groups in total. The second kappa shape index (κ2) is 7.71. The molecular formula is C19H23N4O3S+. The van der Waals surface area contributed by atoms with Crippen LogP contribution in [0, 0.1) is 6.92 Å².